The van der Waals surface area contributed by atoms with Crippen molar-refractivity contribution in [3.63, 3.8) is 0 Å². The zero-order valence-corrected chi connectivity index (χ0v) is 29.4. The molecule has 1 unspecified atom stereocenters. The number of aryl methyl sites for hydroxylation is 1. The van der Waals surface area contributed by atoms with Gasteiger partial charge in [-0.05, 0) is 66.4 Å². The molecule has 51 heavy (non-hydrogen) atoms. The Morgan fingerprint density at radius 3 is 2.12 bits per heavy atom. The molecule has 0 bridgehead atoms. The summed E-state index contributed by atoms with van der Waals surface area (Å²) < 4.78 is 12.5. The Balaban J connectivity index is 1.37. The smallest absolute Gasteiger partial charge is 0.407 e. The van der Waals surface area contributed by atoms with Gasteiger partial charge >= 0.3 is 6.09 Å². The van der Waals surface area contributed by atoms with E-state index in [-0.39, 0.29) is 0 Å². The van der Waals surface area contributed by atoms with E-state index in [0.717, 1.165) is 46.8 Å². The Kier molecular flexibility index (Phi) is 11.0. The zero-order chi connectivity index (χ0) is 35.9. The minimum atomic E-state index is -1.07. The van der Waals surface area contributed by atoms with E-state index in [1.54, 1.807) is 31.1 Å². The lowest BCUT2D eigenvalue weighted by atomic mass is 10.1. The minimum absolute atomic E-state index is 0.410. The van der Waals surface area contributed by atoms with Crippen LogP contribution in [0.5, 0.6) is 11.5 Å². The number of fused-ring (bicyclic) bond motifs is 1. The van der Waals surface area contributed by atoms with Crippen molar-refractivity contribution in [1.29, 1.82) is 0 Å². The van der Waals surface area contributed by atoms with E-state index in [2.05, 4.69) is 22.8 Å². The van der Waals surface area contributed by atoms with Gasteiger partial charge in [0.15, 0.2) is 17.3 Å². The van der Waals surface area contributed by atoms with Crippen molar-refractivity contribution in [3.8, 4) is 11.5 Å². The predicted molar refractivity (Wildman–Crippen MR) is 195 cm³/mol. The summed E-state index contributed by atoms with van der Waals surface area (Å²) >= 11 is 0. The highest BCUT2D eigenvalue weighted by atomic mass is 16.5. The first-order chi connectivity index (χ1) is 24.8. The number of piperazine rings is 1. The number of hydrogen-bond donors (Lipinski definition) is 2. The highest BCUT2D eigenvalue weighted by molar-refractivity contribution is 5.67. The Bertz CT molecular complexity index is 1920. The minimum Gasteiger partial charge on any atom is -0.497 e. The van der Waals surface area contributed by atoms with Crippen LogP contribution in [0.25, 0.3) is 11.7 Å². The quantitative estimate of drug-likeness (QED) is 0.156. The average Bonchev–Trinajstić information content (AvgIpc) is 3.58. The summed E-state index contributed by atoms with van der Waals surface area (Å²) in [5, 5.41) is 26.0. The van der Waals surface area contributed by atoms with Crippen LogP contribution in [0.15, 0.2) is 73.1 Å². The third-order valence-electron chi connectivity index (χ3n) is 8.99. The molecule has 0 saturated carbocycles. The molecule has 13 heteroatoms. The molecule has 0 aliphatic carbocycles. The molecule has 1 amide bonds. The second-order valence-corrected chi connectivity index (χ2v) is 12.5. The summed E-state index contributed by atoms with van der Waals surface area (Å²) in [7, 11) is 3.30. The maximum atomic E-state index is 11.8. The topological polar surface area (TPSA) is 142 Å². The number of aliphatic hydroxyl groups excluding tert-OH is 1. The molecule has 266 valence electrons. The molecule has 1 atom stereocenters. The number of hydrogen-bond acceptors (Lipinski definition) is 10. The second kappa shape index (κ2) is 15.9. The van der Waals surface area contributed by atoms with Gasteiger partial charge in [-0.15, -0.1) is 5.10 Å². The van der Waals surface area contributed by atoms with Crippen molar-refractivity contribution >= 4 is 29.5 Å². The SMILES string of the molecule is CCCC=Cc1nc(N(Cc2ccc(OC)cc2)Cc2ccc(OC)cc2)c2ncc(C(O)c3cnc(N4CCN(C(=O)O)CC4)c(C)c3)n2n1. The standard InChI is InChI=1S/C38H44N8O5/c1-5-6-7-8-33-41-37(45(24-27-9-13-30(50-3)14-10-27)25-28-11-15-31(51-4)16-12-28)36-40-23-32(46(36)42-33)34(47)29-21-26(2)35(39-22-29)43-17-19-44(20-18-43)38(48)49/h7-16,21-23,34,47H,5-6,17-20,24-25H2,1-4H3,(H,48,49). The molecule has 0 spiro atoms. The summed E-state index contributed by atoms with van der Waals surface area (Å²) in [6, 6.07) is 17.8. The first-order valence-electron chi connectivity index (χ1n) is 17.1. The maximum absolute atomic E-state index is 11.8. The number of ether oxygens (including phenoxy) is 2. The van der Waals surface area contributed by atoms with Gasteiger partial charge in [0, 0.05) is 51.0 Å². The van der Waals surface area contributed by atoms with Gasteiger partial charge in [0.2, 0.25) is 0 Å². The fourth-order valence-electron chi connectivity index (χ4n) is 6.18. The third kappa shape index (κ3) is 8.04. The molecule has 0 radical (unpaired) electrons. The van der Waals surface area contributed by atoms with Crippen molar-refractivity contribution in [2.24, 2.45) is 0 Å². The molecule has 4 heterocycles. The van der Waals surface area contributed by atoms with Gasteiger partial charge in [0.25, 0.3) is 0 Å². The van der Waals surface area contributed by atoms with E-state index in [4.69, 9.17) is 29.5 Å². The Hall–Kier alpha value is -5.69. The van der Waals surface area contributed by atoms with Crippen LogP contribution in [0.1, 0.15) is 59.6 Å². The van der Waals surface area contributed by atoms with E-state index >= 15 is 0 Å². The summed E-state index contributed by atoms with van der Waals surface area (Å²) in [5.41, 5.74) is 4.59. The van der Waals surface area contributed by atoms with Crippen molar-refractivity contribution in [2.75, 3.05) is 50.2 Å². The molecule has 13 nitrogen and oxygen atoms in total. The maximum Gasteiger partial charge on any atom is 0.407 e. The van der Waals surface area contributed by atoms with Gasteiger partial charge in [-0.3, -0.25) is 0 Å². The van der Waals surface area contributed by atoms with Crippen LogP contribution in [0.2, 0.25) is 0 Å². The number of aliphatic hydroxyl groups is 1. The number of anilines is 2. The zero-order valence-electron chi connectivity index (χ0n) is 29.4. The molecule has 1 fully saturated rings. The van der Waals surface area contributed by atoms with Crippen LogP contribution in [0, 0.1) is 6.92 Å². The summed E-state index contributed by atoms with van der Waals surface area (Å²) in [6.07, 6.45) is 7.15. The number of rotatable bonds is 13. The highest BCUT2D eigenvalue weighted by Crippen LogP contribution is 2.30. The molecule has 3 aromatic heterocycles. The normalized spacial score (nSPS) is 13.9. The lowest BCUT2D eigenvalue weighted by Crippen LogP contribution is -2.48. The third-order valence-corrected chi connectivity index (χ3v) is 8.99. The van der Waals surface area contributed by atoms with Crippen LogP contribution >= 0.6 is 0 Å². The Labute approximate surface area is 297 Å². The van der Waals surface area contributed by atoms with Gasteiger partial charge in [-0.2, -0.15) is 0 Å². The molecular formula is C38H44N8O5. The fourth-order valence-corrected chi connectivity index (χ4v) is 6.18. The molecule has 1 aliphatic rings. The Morgan fingerprint density at radius 1 is 0.941 bits per heavy atom. The number of carbonyl (C=O) groups is 1. The number of nitrogens with zero attached hydrogens (tertiary/aromatic N) is 8. The van der Waals surface area contributed by atoms with Gasteiger partial charge in [-0.25, -0.2) is 24.3 Å². The van der Waals surface area contributed by atoms with Gasteiger partial charge in [0.05, 0.1) is 26.1 Å². The number of methoxy groups -OCH3 is 2. The number of allylic oxidation sites excluding steroid dienone is 1. The van der Waals surface area contributed by atoms with E-state index in [1.165, 1.54) is 4.90 Å². The number of benzene rings is 2. The van der Waals surface area contributed by atoms with Crippen molar-refractivity contribution in [2.45, 2.75) is 45.9 Å². The predicted octanol–water partition coefficient (Wildman–Crippen LogP) is 5.75. The number of pyridine rings is 1. The molecule has 1 saturated heterocycles. The van der Waals surface area contributed by atoms with Crippen LogP contribution in [0.3, 0.4) is 0 Å². The van der Waals surface area contributed by atoms with Crippen molar-refractivity contribution in [1.82, 2.24) is 29.5 Å². The van der Waals surface area contributed by atoms with Crippen molar-refractivity contribution in [3.05, 3.63) is 107 Å². The summed E-state index contributed by atoms with van der Waals surface area (Å²) in [6.45, 7) is 7.03. The van der Waals surface area contributed by atoms with E-state index in [0.29, 0.717) is 67.8 Å². The molecular weight excluding hydrogens is 648 g/mol. The van der Waals surface area contributed by atoms with Gasteiger partial charge in [0.1, 0.15) is 23.4 Å². The van der Waals surface area contributed by atoms with E-state index in [1.807, 2.05) is 67.6 Å². The van der Waals surface area contributed by atoms with E-state index in [9.17, 15) is 15.0 Å². The molecule has 6 rings (SSSR count). The molecule has 5 aromatic rings. The van der Waals surface area contributed by atoms with Crippen LogP contribution in [-0.4, -0.2) is 86.2 Å². The van der Waals surface area contributed by atoms with Crippen LogP contribution in [0.4, 0.5) is 16.4 Å². The second-order valence-electron chi connectivity index (χ2n) is 12.5. The Morgan fingerprint density at radius 2 is 1.57 bits per heavy atom. The van der Waals surface area contributed by atoms with Gasteiger partial charge in [-0.1, -0.05) is 43.7 Å². The number of carboxylic acid groups (broad SMARTS) is 1. The summed E-state index contributed by atoms with van der Waals surface area (Å²) in [5.74, 6) is 3.44. The lowest BCUT2D eigenvalue weighted by Gasteiger charge is -2.34. The first-order valence-corrected chi connectivity index (χ1v) is 17.1. The highest BCUT2D eigenvalue weighted by Gasteiger charge is 2.26. The molecule has 1 aliphatic heterocycles. The number of aromatic nitrogens is 5. The van der Waals surface area contributed by atoms with Gasteiger partial charge < -0.3 is 34.4 Å². The fraction of sp³-hybridized carbons (Fsp3) is 0.342. The van der Waals surface area contributed by atoms with E-state index < -0.39 is 12.2 Å². The number of unbranched alkanes of at least 4 members (excludes halogenated alkanes) is 1. The largest absolute Gasteiger partial charge is 0.497 e. The molecule has 2 N–H and O–H groups in total. The molecule has 2 aromatic carbocycles. The summed E-state index contributed by atoms with van der Waals surface area (Å²) in [4.78, 5) is 31.5. The average molecular weight is 693 g/mol. The lowest BCUT2D eigenvalue weighted by molar-refractivity contribution is 0.142. The number of amides is 1. The first kappa shape index (κ1) is 35.1. The van der Waals surface area contributed by atoms with Crippen LogP contribution < -0.4 is 19.3 Å². The van der Waals surface area contributed by atoms with Crippen LogP contribution in [-0.2, 0) is 13.1 Å². The number of imidazole rings is 1. The monoisotopic (exact) mass is 692 g/mol. The van der Waals surface area contributed by atoms with Crippen molar-refractivity contribution < 1.29 is 24.5 Å².